The molecule has 0 saturated heterocycles. The van der Waals surface area contributed by atoms with Crippen molar-refractivity contribution < 1.29 is 17.9 Å². The van der Waals surface area contributed by atoms with Gasteiger partial charge in [-0.15, -0.1) is 24.0 Å². The van der Waals surface area contributed by atoms with E-state index in [0.29, 0.717) is 30.5 Å². The van der Waals surface area contributed by atoms with Gasteiger partial charge >= 0.3 is 0 Å². The minimum absolute atomic E-state index is 0. The number of ether oxygens (including phenoxy) is 2. The summed E-state index contributed by atoms with van der Waals surface area (Å²) < 4.78 is 33.4. The summed E-state index contributed by atoms with van der Waals surface area (Å²) >= 11 is 0. The molecule has 2 aromatic rings. The molecule has 4 N–H and O–H groups in total. The fraction of sp³-hybridized carbons (Fsp3) is 0.316. The van der Waals surface area contributed by atoms with Gasteiger partial charge in [0.1, 0.15) is 0 Å². The molecule has 8 nitrogen and oxygen atoms in total. The van der Waals surface area contributed by atoms with E-state index in [2.05, 4.69) is 15.6 Å². The van der Waals surface area contributed by atoms with Crippen molar-refractivity contribution in [1.29, 1.82) is 0 Å². The van der Waals surface area contributed by atoms with Crippen LogP contribution in [0.2, 0.25) is 0 Å². The van der Waals surface area contributed by atoms with Gasteiger partial charge in [-0.2, -0.15) is 0 Å². The topological polar surface area (TPSA) is 115 Å². The Bertz CT molecular complexity index is 936. The summed E-state index contributed by atoms with van der Waals surface area (Å²) in [4.78, 5) is 4.26. The number of nitrogens with one attached hydrogen (secondary N) is 2. The Balaban J connectivity index is 0.00000420. The second-order valence-corrected chi connectivity index (χ2v) is 7.55. The van der Waals surface area contributed by atoms with Crippen molar-refractivity contribution in [1.82, 2.24) is 10.6 Å². The van der Waals surface area contributed by atoms with Gasteiger partial charge in [0, 0.05) is 20.1 Å². The number of hydrogen-bond acceptors (Lipinski definition) is 5. The van der Waals surface area contributed by atoms with E-state index < -0.39 is 10.0 Å². The van der Waals surface area contributed by atoms with Gasteiger partial charge in [0.2, 0.25) is 10.0 Å². The Hall–Kier alpha value is -2.05. The zero-order chi connectivity index (χ0) is 20.6. The molecule has 0 radical (unpaired) electrons. The van der Waals surface area contributed by atoms with E-state index in [1.807, 2.05) is 24.3 Å². The van der Waals surface area contributed by atoms with Crippen LogP contribution in [0.1, 0.15) is 11.1 Å². The average Bonchev–Trinajstić information content (AvgIpc) is 2.69. The maximum Gasteiger partial charge on any atom is 0.238 e. The van der Waals surface area contributed by atoms with Crippen LogP contribution in [0.5, 0.6) is 11.5 Å². The van der Waals surface area contributed by atoms with Crippen molar-refractivity contribution in [3.05, 3.63) is 53.6 Å². The number of methoxy groups -OCH3 is 2. The Kier molecular flexibility index (Phi) is 10.2. The van der Waals surface area contributed by atoms with E-state index >= 15 is 0 Å². The van der Waals surface area contributed by atoms with Gasteiger partial charge in [0.25, 0.3) is 0 Å². The first kappa shape index (κ1) is 25.0. The summed E-state index contributed by atoms with van der Waals surface area (Å²) in [6.07, 6.45) is 0.766. The Morgan fingerprint density at radius 2 is 1.76 bits per heavy atom. The van der Waals surface area contributed by atoms with Gasteiger partial charge in [0.05, 0.1) is 19.1 Å². The lowest BCUT2D eigenvalue weighted by atomic mass is 10.1. The minimum atomic E-state index is -3.72. The first-order valence-corrected chi connectivity index (χ1v) is 10.2. The third-order valence-corrected chi connectivity index (χ3v) is 4.98. The first-order chi connectivity index (χ1) is 13.4. The van der Waals surface area contributed by atoms with Crippen LogP contribution in [0.25, 0.3) is 0 Å². The molecule has 29 heavy (non-hydrogen) atoms. The summed E-state index contributed by atoms with van der Waals surface area (Å²) in [6.45, 7) is 1.08. The van der Waals surface area contributed by atoms with Crippen molar-refractivity contribution >= 4 is 40.0 Å². The number of benzene rings is 2. The number of primary sulfonamides is 1. The molecule has 0 aromatic heterocycles. The molecule has 0 spiro atoms. The third kappa shape index (κ3) is 7.71. The van der Waals surface area contributed by atoms with Crippen LogP contribution in [0.4, 0.5) is 0 Å². The molecule has 0 aliphatic rings. The molecule has 0 amide bonds. The van der Waals surface area contributed by atoms with E-state index in [1.54, 1.807) is 33.4 Å². The van der Waals surface area contributed by atoms with Crippen LogP contribution in [0.3, 0.4) is 0 Å². The largest absolute Gasteiger partial charge is 0.493 e. The molecule has 0 atom stereocenters. The second kappa shape index (κ2) is 11.8. The second-order valence-electron chi connectivity index (χ2n) is 5.98. The normalized spacial score (nSPS) is 11.4. The van der Waals surface area contributed by atoms with Gasteiger partial charge in [-0.3, -0.25) is 4.99 Å². The van der Waals surface area contributed by atoms with Crippen LogP contribution < -0.4 is 25.2 Å². The van der Waals surface area contributed by atoms with Crippen LogP contribution in [-0.2, 0) is 23.0 Å². The number of aliphatic imine (C=N–C) groups is 1. The number of nitrogens with zero attached hydrogens (tertiary/aromatic N) is 1. The zero-order valence-corrected chi connectivity index (χ0v) is 19.8. The van der Waals surface area contributed by atoms with Crippen LogP contribution >= 0.6 is 24.0 Å². The molecule has 0 saturated carbocycles. The molecule has 0 unspecified atom stereocenters. The molecule has 0 aliphatic carbocycles. The molecule has 2 aromatic carbocycles. The monoisotopic (exact) mass is 534 g/mol. The minimum Gasteiger partial charge on any atom is -0.493 e. The highest BCUT2D eigenvalue weighted by molar-refractivity contribution is 14.0. The number of rotatable bonds is 8. The maximum absolute atomic E-state index is 11.4. The SMILES string of the molecule is CN=C(NCCc1ccc(OC)c(OC)c1)NCc1cccc(S(N)(=O)=O)c1.I. The highest BCUT2D eigenvalue weighted by Gasteiger charge is 2.08. The summed E-state index contributed by atoms with van der Waals surface area (Å²) in [5, 5.41) is 11.5. The molecule has 10 heteroatoms. The standard InChI is InChI=1S/C19H26N4O4S.HI/c1-21-19(23-13-15-5-4-6-16(11-15)28(20,24)25)22-10-9-14-7-8-17(26-2)18(12-14)27-3;/h4-8,11-12H,9-10,13H2,1-3H3,(H2,20,24,25)(H2,21,22,23);1H. The van der Waals surface area contributed by atoms with E-state index in [9.17, 15) is 8.42 Å². The quantitative estimate of drug-likeness (QED) is 0.271. The van der Waals surface area contributed by atoms with Crippen molar-refractivity contribution in [3.8, 4) is 11.5 Å². The molecule has 0 heterocycles. The lowest BCUT2D eigenvalue weighted by Gasteiger charge is -2.13. The lowest BCUT2D eigenvalue weighted by molar-refractivity contribution is 0.354. The fourth-order valence-electron chi connectivity index (χ4n) is 2.60. The summed E-state index contributed by atoms with van der Waals surface area (Å²) in [5.74, 6) is 2.00. The fourth-order valence-corrected chi connectivity index (χ4v) is 3.18. The van der Waals surface area contributed by atoms with E-state index in [-0.39, 0.29) is 28.9 Å². The van der Waals surface area contributed by atoms with Crippen LogP contribution in [0, 0.1) is 0 Å². The number of nitrogens with two attached hydrogens (primary N) is 1. The third-order valence-electron chi connectivity index (χ3n) is 4.06. The van der Waals surface area contributed by atoms with Crippen molar-refractivity contribution in [2.45, 2.75) is 17.9 Å². The number of sulfonamides is 1. The van der Waals surface area contributed by atoms with Crippen LogP contribution in [-0.4, -0.2) is 42.2 Å². The molecular weight excluding hydrogens is 507 g/mol. The van der Waals surface area contributed by atoms with E-state index in [0.717, 1.165) is 17.5 Å². The molecular formula is C19H27IN4O4S. The predicted molar refractivity (Wildman–Crippen MR) is 125 cm³/mol. The Labute approximate surface area is 189 Å². The Morgan fingerprint density at radius 3 is 2.38 bits per heavy atom. The summed E-state index contributed by atoms with van der Waals surface area (Å²) in [5.41, 5.74) is 1.89. The van der Waals surface area contributed by atoms with Gasteiger partial charge in [0.15, 0.2) is 17.5 Å². The molecule has 0 bridgehead atoms. The number of halogens is 1. The average molecular weight is 534 g/mol. The molecule has 0 fully saturated rings. The lowest BCUT2D eigenvalue weighted by Crippen LogP contribution is -2.37. The summed E-state index contributed by atoms with van der Waals surface area (Å²) in [7, 11) is 1.17. The highest BCUT2D eigenvalue weighted by Crippen LogP contribution is 2.27. The van der Waals surface area contributed by atoms with Crippen molar-refractivity contribution in [2.24, 2.45) is 10.1 Å². The van der Waals surface area contributed by atoms with Gasteiger partial charge < -0.3 is 20.1 Å². The first-order valence-electron chi connectivity index (χ1n) is 8.64. The molecule has 0 aliphatic heterocycles. The van der Waals surface area contributed by atoms with Gasteiger partial charge in [-0.05, 0) is 41.8 Å². The van der Waals surface area contributed by atoms with E-state index in [1.165, 1.54) is 6.07 Å². The predicted octanol–water partition coefficient (Wildman–Crippen LogP) is 1.88. The highest BCUT2D eigenvalue weighted by atomic mass is 127. The van der Waals surface area contributed by atoms with Gasteiger partial charge in [-0.1, -0.05) is 18.2 Å². The van der Waals surface area contributed by atoms with Crippen molar-refractivity contribution in [3.63, 3.8) is 0 Å². The van der Waals surface area contributed by atoms with Crippen molar-refractivity contribution in [2.75, 3.05) is 27.8 Å². The Morgan fingerprint density at radius 1 is 1.03 bits per heavy atom. The zero-order valence-electron chi connectivity index (χ0n) is 16.6. The van der Waals surface area contributed by atoms with E-state index in [4.69, 9.17) is 14.6 Å². The maximum atomic E-state index is 11.4. The smallest absolute Gasteiger partial charge is 0.238 e. The number of hydrogen-bond donors (Lipinski definition) is 3. The van der Waals surface area contributed by atoms with Gasteiger partial charge in [-0.25, -0.2) is 13.6 Å². The van der Waals surface area contributed by atoms with Crippen LogP contribution in [0.15, 0.2) is 52.4 Å². The number of guanidine groups is 1. The summed E-state index contributed by atoms with van der Waals surface area (Å²) in [6, 6.07) is 12.3. The molecule has 160 valence electrons. The molecule has 2 rings (SSSR count).